The van der Waals surface area contributed by atoms with Crippen LogP contribution in [0.15, 0.2) is 18.2 Å². The van der Waals surface area contributed by atoms with Crippen molar-refractivity contribution in [3.8, 4) is 5.75 Å². The Labute approximate surface area is 125 Å². The number of benzene rings is 1. The van der Waals surface area contributed by atoms with Crippen LogP contribution in [0, 0.1) is 17.7 Å². The summed E-state index contributed by atoms with van der Waals surface area (Å²) in [6.45, 7) is 5.05. The molecule has 0 amide bonds. The number of carboxylic acids is 1. The van der Waals surface area contributed by atoms with Crippen LogP contribution >= 0.6 is 0 Å². The first-order valence-electron chi connectivity index (χ1n) is 7.07. The Morgan fingerprint density at radius 3 is 2.57 bits per heavy atom. The van der Waals surface area contributed by atoms with Gasteiger partial charge in [0.25, 0.3) is 0 Å². The average Bonchev–Trinajstić information content (AvgIpc) is 2.38. The molecule has 0 bridgehead atoms. The highest BCUT2D eigenvalue weighted by Gasteiger charge is 2.15. The molecule has 1 N–H and O–H groups in total. The molecule has 0 saturated heterocycles. The lowest BCUT2D eigenvalue weighted by molar-refractivity contribution is -0.141. The molecule has 4 nitrogen and oxygen atoms in total. The van der Waals surface area contributed by atoms with Gasteiger partial charge in [0.15, 0.2) is 11.6 Å². The number of halogens is 1. The summed E-state index contributed by atoms with van der Waals surface area (Å²) in [5, 5.41) is 8.90. The van der Waals surface area contributed by atoms with E-state index in [1.54, 1.807) is 13.0 Å². The molecule has 0 radical (unpaired) electrons. The Hall–Kier alpha value is -1.62. The Bertz CT molecular complexity index is 479. The fourth-order valence-corrected chi connectivity index (χ4v) is 2.46. The Balaban J connectivity index is 2.51. The molecular weight excluding hydrogens is 273 g/mol. The molecule has 0 aromatic heterocycles. The molecule has 0 heterocycles. The molecule has 1 rings (SSSR count). The molecule has 5 heteroatoms. The van der Waals surface area contributed by atoms with Gasteiger partial charge in [-0.25, -0.2) is 4.39 Å². The van der Waals surface area contributed by atoms with E-state index in [4.69, 9.17) is 9.84 Å². The van der Waals surface area contributed by atoms with Crippen molar-refractivity contribution in [1.29, 1.82) is 0 Å². The second-order valence-corrected chi connectivity index (χ2v) is 5.74. The fraction of sp³-hybridized carbons (Fsp3) is 0.562. The van der Waals surface area contributed by atoms with Gasteiger partial charge in [-0.3, -0.25) is 4.79 Å². The molecule has 1 aromatic carbocycles. The third-order valence-electron chi connectivity index (χ3n) is 3.43. The number of methoxy groups -OCH3 is 1. The zero-order valence-corrected chi connectivity index (χ0v) is 13.1. The summed E-state index contributed by atoms with van der Waals surface area (Å²) >= 11 is 0. The number of aliphatic carboxylic acids is 1. The van der Waals surface area contributed by atoms with Crippen LogP contribution in [0.5, 0.6) is 5.75 Å². The quantitative estimate of drug-likeness (QED) is 0.801. The minimum Gasteiger partial charge on any atom is -0.494 e. The third kappa shape index (κ3) is 5.71. The maximum atomic E-state index is 13.6. The number of rotatable bonds is 8. The van der Waals surface area contributed by atoms with Crippen molar-refractivity contribution in [3.63, 3.8) is 0 Å². The van der Waals surface area contributed by atoms with Crippen molar-refractivity contribution < 1.29 is 19.0 Å². The average molecular weight is 297 g/mol. The normalized spacial score (nSPS) is 14.0. The lowest BCUT2D eigenvalue weighted by atomic mass is 10.00. The summed E-state index contributed by atoms with van der Waals surface area (Å²) in [5.74, 6) is -0.968. The van der Waals surface area contributed by atoms with Crippen molar-refractivity contribution in [2.75, 3.05) is 27.2 Å². The molecule has 0 aliphatic rings. The molecule has 0 aliphatic carbocycles. The highest BCUT2D eigenvalue weighted by molar-refractivity contribution is 5.69. The van der Waals surface area contributed by atoms with E-state index in [2.05, 4.69) is 6.92 Å². The largest absolute Gasteiger partial charge is 0.494 e. The first-order chi connectivity index (χ1) is 9.83. The van der Waals surface area contributed by atoms with Gasteiger partial charge in [0.2, 0.25) is 0 Å². The predicted octanol–water partition coefficient (Wildman–Crippen LogP) is 2.67. The van der Waals surface area contributed by atoms with E-state index < -0.39 is 5.97 Å². The van der Waals surface area contributed by atoms with Gasteiger partial charge in [-0.05, 0) is 37.1 Å². The van der Waals surface area contributed by atoms with Crippen LogP contribution in [0.25, 0.3) is 0 Å². The van der Waals surface area contributed by atoms with E-state index >= 15 is 0 Å². The Kier molecular flexibility index (Phi) is 6.62. The predicted molar refractivity (Wildman–Crippen MR) is 80.1 cm³/mol. The Morgan fingerprint density at radius 2 is 2.05 bits per heavy atom. The standard InChI is InChI=1S/C16H24FNO3/c1-11(9-18(3)10-12(2)16(19)20)7-13-5-6-15(21-4)14(17)8-13/h5-6,8,11-12H,7,9-10H2,1-4H3,(H,19,20). The van der Waals surface area contributed by atoms with Crippen molar-refractivity contribution >= 4 is 5.97 Å². The third-order valence-corrected chi connectivity index (χ3v) is 3.43. The van der Waals surface area contributed by atoms with Crippen LogP contribution in [-0.4, -0.2) is 43.2 Å². The van der Waals surface area contributed by atoms with Crippen molar-refractivity contribution in [2.45, 2.75) is 20.3 Å². The summed E-state index contributed by atoms with van der Waals surface area (Å²) in [5.41, 5.74) is 0.917. The number of carboxylic acid groups (broad SMARTS) is 1. The highest BCUT2D eigenvalue weighted by Crippen LogP contribution is 2.20. The molecule has 1 aromatic rings. The maximum absolute atomic E-state index is 13.6. The summed E-state index contributed by atoms with van der Waals surface area (Å²) in [7, 11) is 3.35. The van der Waals surface area contributed by atoms with Gasteiger partial charge in [0.05, 0.1) is 13.0 Å². The molecular formula is C16H24FNO3. The van der Waals surface area contributed by atoms with Crippen molar-refractivity contribution in [1.82, 2.24) is 4.90 Å². The van der Waals surface area contributed by atoms with Crippen molar-refractivity contribution in [3.05, 3.63) is 29.6 Å². The SMILES string of the molecule is COc1ccc(CC(C)CN(C)CC(C)C(=O)O)cc1F. The maximum Gasteiger partial charge on any atom is 0.307 e. The van der Waals surface area contributed by atoms with E-state index in [0.29, 0.717) is 12.5 Å². The second-order valence-electron chi connectivity index (χ2n) is 5.74. The summed E-state index contributed by atoms with van der Waals surface area (Å²) in [6, 6.07) is 4.99. The van der Waals surface area contributed by atoms with E-state index in [0.717, 1.165) is 18.5 Å². The van der Waals surface area contributed by atoms with Crippen molar-refractivity contribution in [2.24, 2.45) is 11.8 Å². The van der Waals surface area contributed by atoms with Gasteiger partial charge in [-0.2, -0.15) is 0 Å². The number of hydrogen-bond donors (Lipinski definition) is 1. The topological polar surface area (TPSA) is 49.8 Å². The monoisotopic (exact) mass is 297 g/mol. The van der Waals surface area contributed by atoms with Gasteiger partial charge in [0.1, 0.15) is 0 Å². The summed E-state index contributed by atoms with van der Waals surface area (Å²) in [4.78, 5) is 12.8. The molecule has 0 saturated carbocycles. The van der Waals surface area contributed by atoms with Gasteiger partial charge in [-0.1, -0.05) is 19.9 Å². The molecule has 0 aliphatic heterocycles. The number of hydrogen-bond acceptors (Lipinski definition) is 3. The van der Waals surface area contributed by atoms with Gasteiger partial charge < -0.3 is 14.7 Å². The Morgan fingerprint density at radius 1 is 1.38 bits per heavy atom. The highest BCUT2D eigenvalue weighted by atomic mass is 19.1. The summed E-state index contributed by atoms with van der Waals surface area (Å²) < 4.78 is 18.5. The first-order valence-corrected chi connectivity index (χ1v) is 7.07. The van der Waals surface area contributed by atoms with Crippen LogP contribution in [0.2, 0.25) is 0 Å². The van der Waals surface area contributed by atoms with Crippen LogP contribution in [0.1, 0.15) is 19.4 Å². The fourth-order valence-electron chi connectivity index (χ4n) is 2.46. The van der Waals surface area contributed by atoms with Crippen LogP contribution in [0.3, 0.4) is 0 Å². The molecule has 118 valence electrons. The molecule has 0 spiro atoms. The lowest BCUT2D eigenvalue weighted by Gasteiger charge is -2.23. The van der Waals surface area contributed by atoms with E-state index in [1.807, 2.05) is 18.0 Å². The van der Waals surface area contributed by atoms with Crippen LogP contribution in [-0.2, 0) is 11.2 Å². The van der Waals surface area contributed by atoms with Gasteiger partial charge in [-0.15, -0.1) is 0 Å². The smallest absolute Gasteiger partial charge is 0.307 e. The molecule has 2 atom stereocenters. The summed E-state index contributed by atoms with van der Waals surface area (Å²) in [6.07, 6.45) is 0.743. The van der Waals surface area contributed by atoms with Crippen LogP contribution in [0.4, 0.5) is 4.39 Å². The molecule has 21 heavy (non-hydrogen) atoms. The van der Waals surface area contributed by atoms with E-state index in [9.17, 15) is 9.18 Å². The van der Waals surface area contributed by atoms with E-state index in [-0.39, 0.29) is 17.5 Å². The lowest BCUT2D eigenvalue weighted by Crippen LogP contribution is -2.32. The zero-order chi connectivity index (χ0) is 16.0. The second kappa shape index (κ2) is 7.98. The first kappa shape index (κ1) is 17.4. The molecule has 0 fully saturated rings. The van der Waals surface area contributed by atoms with Crippen LogP contribution < -0.4 is 4.74 Å². The zero-order valence-electron chi connectivity index (χ0n) is 13.1. The number of nitrogens with zero attached hydrogens (tertiary/aromatic N) is 1. The minimum atomic E-state index is -0.785. The van der Waals surface area contributed by atoms with E-state index in [1.165, 1.54) is 13.2 Å². The van der Waals surface area contributed by atoms with Gasteiger partial charge >= 0.3 is 5.97 Å². The molecule has 2 unspecified atom stereocenters. The minimum absolute atomic E-state index is 0.249. The van der Waals surface area contributed by atoms with Gasteiger partial charge in [0, 0.05) is 13.1 Å². The number of carbonyl (C=O) groups is 1. The number of ether oxygens (including phenoxy) is 1.